The number of ether oxygens (including phenoxy) is 1. The lowest BCUT2D eigenvalue weighted by Crippen LogP contribution is -2.07. The van der Waals surface area contributed by atoms with Crippen LogP contribution < -0.4 is 5.32 Å². The van der Waals surface area contributed by atoms with E-state index in [1.807, 2.05) is 0 Å². The maximum atomic E-state index is 11.3. The molecule has 0 amide bonds. The van der Waals surface area contributed by atoms with Crippen LogP contribution in [0.1, 0.15) is 15.9 Å². The predicted octanol–water partition coefficient (Wildman–Crippen LogP) is 1.55. The Morgan fingerprint density at radius 1 is 1.64 bits per heavy atom. The summed E-state index contributed by atoms with van der Waals surface area (Å²) in [5, 5.41) is 2.92. The van der Waals surface area contributed by atoms with Crippen LogP contribution in [-0.4, -0.2) is 25.1 Å². The van der Waals surface area contributed by atoms with Crippen LogP contribution in [0, 0.1) is 0 Å². The number of pyridine rings is 1. The van der Waals surface area contributed by atoms with Crippen molar-refractivity contribution in [2.75, 3.05) is 19.5 Å². The van der Waals surface area contributed by atoms with E-state index in [2.05, 4.69) is 21.6 Å². The minimum Gasteiger partial charge on any atom is -0.465 e. The van der Waals surface area contributed by atoms with Crippen molar-refractivity contribution in [3.05, 3.63) is 30.1 Å². The molecular formula is C10H12N2O2. The van der Waals surface area contributed by atoms with Crippen molar-refractivity contribution in [1.82, 2.24) is 4.98 Å². The van der Waals surface area contributed by atoms with Crippen LogP contribution >= 0.6 is 0 Å². The third-order valence-corrected chi connectivity index (χ3v) is 1.85. The van der Waals surface area contributed by atoms with Crippen molar-refractivity contribution < 1.29 is 9.53 Å². The molecule has 4 heteroatoms. The van der Waals surface area contributed by atoms with Gasteiger partial charge >= 0.3 is 5.97 Å². The van der Waals surface area contributed by atoms with E-state index in [-0.39, 0.29) is 0 Å². The third kappa shape index (κ3) is 1.74. The summed E-state index contributed by atoms with van der Waals surface area (Å²) in [7, 11) is 3.07. The molecule has 74 valence electrons. The number of hydrogen-bond acceptors (Lipinski definition) is 4. The summed E-state index contributed by atoms with van der Waals surface area (Å²) in [6.45, 7) is 3.63. The van der Waals surface area contributed by atoms with E-state index in [0.717, 1.165) is 5.56 Å². The molecule has 0 aliphatic carbocycles. The van der Waals surface area contributed by atoms with Crippen LogP contribution in [-0.2, 0) is 4.74 Å². The number of esters is 1. The summed E-state index contributed by atoms with van der Waals surface area (Å²) >= 11 is 0. The maximum Gasteiger partial charge on any atom is 0.341 e. The molecule has 0 aliphatic heterocycles. The Labute approximate surface area is 82.6 Å². The lowest BCUT2D eigenvalue weighted by atomic mass is 10.1. The van der Waals surface area contributed by atoms with Gasteiger partial charge in [0.25, 0.3) is 0 Å². The Kier molecular flexibility index (Phi) is 3.23. The number of nitrogens with one attached hydrogen (secondary N) is 1. The molecule has 1 heterocycles. The van der Waals surface area contributed by atoms with E-state index in [1.54, 1.807) is 19.3 Å². The van der Waals surface area contributed by atoms with Crippen LogP contribution in [0.5, 0.6) is 0 Å². The van der Waals surface area contributed by atoms with E-state index in [1.165, 1.54) is 13.3 Å². The Morgan fingerprint density at radius 2 is 2.36 bits per heavy atom. The highest BCUT2D eigenvalue weighted by atomic mass is 16.5. The van der Waals surface area contributed by atoms with Gasteiger partial charge < -0.3 is 10.1 Å². The van der Waals surface area contributed by atoms with Crippen LogP contribution in [0.3, 0.4) is 0 Å². The van der Waals surface area contributed by atoms with Gasteiger partial charge in [-0.3, -0.25) is 4.98 Å². The summed E-state index contributed by atoms with van der Waals surface area (Å²) in [6, 6.07) is 0. The predicted molar refractivity (Wildman–Crippen MR) is 55.2 cm³/mol. The van der Waals surface area contributed by atoms with Crippen LogP contribution in [0.25, 0.3) is 6.08 Å². The molecule has 1 N–H and O–H groups in total. The fourth-order valence-corrected chi connectivity index (χ4v) is 1.18. The molecule has 4 nitrogen and oxygen atoms in total. The Hall–Kier alpha value is -1.84. The van der Waals surface area contributed by atoms with Gasteiger partial charge in [0.1, 0.15) is 5.56 Å². The molecule has 1 aromatic heterocycles. The Bertz CT molecular complexity index is 361. The smallest absolute Gasteiger partial charge is 0.341 e. The van der Waals surface area contributed by atoms with Gasteiger partial charge in [0, 0.05) is 25.0 Å². The van der Waals surface area contributed by atoms with Gasteiger partial charge in [0.05, 0.1) is 12.8 Å². The highest BCUT2D eigenvalue weighted by Crippen LogP contribution is 2.20. The molecule has 0 radical (unpaired) electrons. The fraction of sp³-hybridized carbons (Fsp3) is 0.200. The molecule has 0 aliphatic rings. The second kappa shape index (κ2) is 4.41. The fourth-order valence-electron chi connectivity index (χ4n) is 1.18. The lowest BCUT2D eigenvalue weighted by Gasteiger charge is -2.09. The molecule has 14 heavy (non-hydrogen) atoms. The van der Waals surface area contributed by atoms with Crippen molar-refractivity contribution >= 4 is 17.7 Å². The largest absolute Gasteiger partial charge is 0.465 e. The number of methoxy groups -OCH3 is 1. The topological polar surface area (TPSA) is 51.2 Å². The number of carbonyl (C=O) groups is 1. The number of carbonyl (C=O) groups excluding carboxylic acids is 1. The van der Waals surface area contributed by atoms with E-state index >= 15 is 0 Å². The lowest BCUT2D eigenvalue weighted by molar-refractivity contribution is 0.0601. The molecule has 0 unspecified atom stereocenters. The standard InChI is InChI=1S/C10H12N2O2/c1-4-7-5-12-6-8(9(7)11-2)10(13)14-3/h4-6H,1H2,2-3H3,(H,11,12). The zero-order valence-corrected chi connectivity index (χ0v) is 8.20. The zero-order chi connectivity index (χ0) is 10.6. The van der Waals surface area contributed by atoms with Crippen molar-refractivity contribution in [2.24, 2.45) is 0 Å². The summed E-state index contributed by atoms with van der Waals surface area (Å²) in [6.07, 6.45) is 4.72. The SMILES string of the molecule is C=Cc1cncc(C(=O)OC)c1NC. The molecule has 1 rings (SSSR count). The second-order valence-electron chi connectivity index (χ2n) is 2.60. The van der Waals surface area contributed by atoms with E-state index in [0.29, 0.717) is 11.3 Å². The normalized spacial score (nSPS) is 9.29. The Balaban J connectivity index is 3.28. The molecule has 0 aromatic carbocycles. The van der Waals surface area contributed by atoms with Gasteiger partial charge in [0.15, 0.2) is 0 Å². The minimum absolute atomic E-state index is 0.410. The molecule has 0 saturated carbocycles. The first kappa shape index (κ1) is 10.2. The van der Waals surface area contributed by atoms with E-state index < -0.39 is 5.97 Å². The molecule has 0 bridgehead atoms. The number of hydrogen-bond donors (Lipinski definition) is 1. The van der Waals surface area contributed by atoms with Gasteiger partial charge in [-0.1, -0.05) is 12.7 Å². The Morgan fingerprint density at radius 3 is 2.86 bits per heavy atom. The number of rotatable bonds is 3. The monoisotopic (exact) mass is 192 g/mol. The summed E-state index contributed by atoms with van der Waals surface area (Å²) in [5.41, 5.74) is 1.87. The molecule has 0 spiro atoms. The van der Waals surface area contributed by atoms with Crippen molar-refractivity contribution in [1.29, 1.82) is 0 Å². The molecular weight excluding hydrogens is 180 g/mol. The van der Waals surface area contributed by atoms with Crippen LogP contribution in [0.15, 0.2) is 19.0 Å². The van der Waals surface area contributed by atoms with Crippen LogP contribution in [0.4, 0.5) is 5.69 Å². The first-order valence-corrected chi connectivity index (χ1v) is 4.11. The van der Waals surface area contributed by atoms with E-state index in [9.17, 15) is 4.79 Å². The van der Waals surface area contributed by atoms with Gasteiger partial charge in [-0.25, -0.2) is 4.79 Å². The molecule has 1 aromatic rings. The molecule has 0 atom stereocenters. The van der Waals surface area contributed by atoms with Crippen molar-refractivity contribution in [3.8, 4) is 0 Å². The number of nitrogens with zero attached hydrogens (tertiary/aromatic N) is 1. The summed E-state index contributed by atoms with van der Waals surface area (Å²) < 4.78 is 4.63. The highest BCUT2D eigenvalue weighted by molar-refractivity contribution is 5.97. The average Bonchev–Trinajstić information content (AvgIpc) is 2.26. The minimum atomic E-state index is -0.412. The van der Waals surface area contributed by atoms with Gasteiger partial charge in [-0.05, 0) is 0 Å². The van der Waals surface area contributed by atoms with E-state index in [4.69, 9.17) is 0 Å². The highest BCUT2D eigenvalue weighted by Gasteiger charge is 2.13. The first-order valence-electron chi connectivity index (χ1n) is 4.11. The quantitative estimate of drug-likeness (QED) is 0.738. The second-order valence-corrected chi connectivity index (χ2v) is 2.60. The zero-order valence-electron chi connectivity index (χ0n) is 8.20. The van der Waals surface area contributed by atoms with Crippen molar-refractivity contribution in [3.63, 3.8) is 0 Å². The maximum absolute atomic E-state index is 11.3. The van der Waals surface area contributed by atoms with Gasteiger partial charge in [-0.15, -0.1) is 0 Å². The van der Waals surface area contributed by atoms with Gasteiger partial charge in [0.2, 0.25) is 0 Å². The van der Waals surface area contributed by atoms with Crippen molar-refractivity contribution in [2.45, 2.75) is 0 Å². The first-order chi connectivity index (χ1) is 6.74. The molecule has 0 fully saturated rings. The third-order valence-electron chi connectivity index (χ3n) is 1.85. The van der Waals surface area contributed by atoms with Crippen LogP contribution in [0.2, 0.25) is 0 Å². The summed E-state index contributed by atoms with van der Waals surface area (Å²) in [4.78, 5) is 15.2. The average molecular weight is 192 g/mol. The summed E-state index contributed by atoms with van der Waals surface area (Å²) in [5.74, 6) is -0.412. The van der Waals surface area contributed by atoms with Gasteiger partial charge in [-0.2, -0.15) is 0 Å². The number of aromatic nitrogens is 1. The number of anilines is 1. The molecule has 0 saturated heterocycles.